The summed E-state index contributed by atoms with van der Waals surface area (Å²) in [5, 5.41) is 25.2. The first kappa shape index (κ1) is 22.1. The molecule has 9 nitrogen and oxygen atoms in total. The Morgan fingerprint density at radius 3 is 2.19 bits per heavy atom. The van der Waals surface area contributed by atoms with E-state index in [-0.39, 0.29) is 12.8 Å². The van der Waals surface area contributed by atoms with Gasteiger partial charge >= 0.3 is 5.97 Å². The number of carboxylic acids is 1. The molecular formula is C18H25N3O6. The number of carbonyl (C=O) groups is 4. The number of aliphatic carboxylic acids is 1. The average molecular weight is 379 g/mol. The summed E-state index contributed by atoms with van der Waals surface area (Å²) in [6.07, 6.45) is -0.811. The Kier molecular flexibility index (Phi) is 8.94. The van der Waals surface area contributed by atoms with Crippen LogP contribution in [-0.4, -0.2) is 58.6 Å². The van der Waals surface area contributed by atoms with Gasteiger partial charge in [-0.15, -0.1) is 0 Å². The van der Waals surface area contributed by atoms with Gasteiger partial charge in [-0.3, -0.25) is 19.2 Å². The van der Waals surface area contributed by atoms with Crippen LogP contribution in [0.3, 0.4) is 0 Å². The van der Waals surface area contributed by atoms with Crippen molar-refractivity contribution in [2.24, 2.45) is 0 Å². The Bertz CT molecular complexity index is 662. The number of aliphatic hydroxyl groups is 1. The van der Waals surface area contributed by atoms with Crippen LogP contribution in [0, 0.1) is 0 Å². The maximum Gasteiger partial charge on any atom is 0.325 e. The van der Waals surface area contributed by atoms with E-state index in [1.165, 1.54) is 13.8 Å². The molecule has 0 heterocycles. The van der Waals surface area contributed by atoms with Gasteiger partial charge in [0.15, 0.2) is 0 Å². The zero-order valence-corrected chi connectivity index (χ0v) is 15.3. The normalized spacial score (nSPS) is 13.7. The summed E-state index contributed by atoms with van der Waals surface area (Å²) in [5.41, 5.74) is 0.805. The lowest BCUT2D eigenvalue weighted by Crippen LogP contribution is -2.51. The maximum atomic E-state index is 12.4. The monoisotopic (exact) mass is 379 g/mol. The minimum atomic E-state index is -1.19. The number of carbonyl (C=O) groups excluding carboxylic acids is 3. The molecule has 0 saturated carbocycles. The summed E-state index contributed by atoms with van der Waals surface area (Å²) in [6.45, 7) is 2.34. The van der Waals surface area contributed by atoms with Crippen molar-refractivity contribution in [2.75, 3.05) is 6.54 Å². The molecule has 0 aliphatic rings. The third kappa shape index (κ3) is 8.82. The van der Waals surface area contributed by atoms with Crippen molar-refractivity contribution >= 4 is 23.7 Å². The topological polar surface area (TPSA) is 145 Å². The summed E-state index contributed by atoms with van der Waals surface area (Å²) < 4.78 is 0. The summed E-state index contributed by atoms with van der Waals surface area (Å²) >= 11 is 0. The van der Waals surface area contributed by atoms with Crippen LogP contribution in [0.15, 0.2) is 30.3 Å². The first-order valence-corrected chi connectivity index (χ1v) is 8.50. The van der Waals surface area contributed by atoms with E-state index in [9.17, 15) is 24.3 Å². The lowest BCUT2D eigenvalue weighted by Gasteiger charge is -2.19. The number of amides is 3. The fourth-order valence-corrected chi connectivity index (χ4v) is 2.23. The number of hydrogen-bond acceptors (Lipinski definition) is 5. The van der Waals surface area contributed by atoms with Crippen molar-refractivity contribution in [1.29, 1.82) is 0 Å². The average Bonchev–Trinajstić information content (AvgIpc) is 2.59. The number of aliphatic hydroxyl groups excluding tert-OH is 1. The second-order valence-electron chi connectivity index (χ2n) is 6.21. The lowest BCUT2D eigenvalue weighted by atomic mass is 10.0. The molecule has 0 bridgehead atoms. The molecule has 0 radical (unpaired) electrons. The van der Waals surface area contributed by atoms with Crippen molar-refractivity contribution in [1.82, 2.24) is 16.0 Å². The lowest BCUT2D eigenvalue weighted by molar-refractivity contribution is -0.141. The van der Waals surface area contributed by atoms with E-state index in [0.29, 0.717) is 0 Å². The van der Waals surface area contributed by atoms with Gasteiger partial charge in [0.05, 0.1) is 19.1 Å². The smallest absolute Gasteiger partial charge is 0.325 e. The number of nitrogens with one attached hydrogen (secondary N) is 3. The van der Waals surface area contributed by atoms with Crippen molar-refractivity contribution in [3.05, 3.63) is 35.9 Å². The van der Waals surface area contributed by atoms with E-state index in [2.05, 4.69) is 16.0 Å². The molecule has 1 rings (SSSR count). The van der Waals surface area contributed by atoms with Crippen LogP contribution in [0.5, 0.6) is 0 Å². The first-order chi connectivity index (χ1) is 12.7. The molecule has 1 aromatic rings. The van der Waals surface area contributed by atoms with E-state index in [4.69, 9.17) is 5.11 Å². The molecular weight excluding hydrogens is 354 g/mol. The van der Waals surface area contributed by atoms with Gasteiger partial charge in [0.2, 0.25) is 17.7 Å². The molecule has 0 saturated heterocycles. The van der Waals surface area contributed by atoms with Gasteiger partial charge < -0.3 is 26.2 Å². The summed E-state index contributed by atoms with van der Waals surface area (Å²) in [6, 6.07) is 6.97. The second-order valence-corrected chi connectivity index (χ2v) is 6.21. The van der Waals surface area contributed by atoms with Crippen LogP contribution in [0.4, 0.5) is 0 Å². The third-order valence-electron chi connectivity index (χ3n) is 3.59. The minimum Gasteiger partial charge on any atom is -0.480 e. The van der Waals surface area contributed by atoms with E-state index in [0.717, 1.165) is 5.56 Å². The highest BCUT2D eigenvalue weighted by atomic mass is 16.4. The molecule has 5 N–H and O–H groups in total. The SMILES string of the molecule is CC(O)CC(=O)N[C@@H](Cc1ccccc1)C(=O)NCC(=O)N[C@@H](C)C(=O)O. The highest BCUT2D eigenvalue weighted by molar-refractivity contribution is 5.91. The van der Waals surface area contributed by atoms with Crippen LogP contribution in [0.1, 0.15) is 25.8 Å². The van der Waals surface area contributed by atoms with Gasteiger partial charge in [-0.05, 0) is 19.4 Å². The molecule has 0 spiro atoms. The predicted molar refractivity (Wildman–Crippen MR) is 96.6 cm³/mol. The Morgan fingerprint density at radius 2 is 1.63 bits per heavy atom. The van der Waals surface area contributed by atoms with Crippen molar-refractivity contribution in [3.63, 3.8) is 0 Å². The van der Waals surface area contributed by atoms with Gasteiger partial charge in [-0.1, -0.05) is 30.3 Å². The Morgan fingerprint density at radius 1 is 1.00 bits per heavy atom. The van der Waals surface area contributed by atoms with Crippen LogP contribution in [0.25, 0.3) is 0 Å². The van der Waals surface area contributed by atoms with Crippen molar-refractivity contribution in [3.8, 4) is 0 Å². The molecule has 1 aromatic carbocycles. The third-order valence-corrected chi connectivity index (χ3v) is 3.59. The van der Waals surface area contributed by atoms with Gasteiger partial charge in [-0.25, -0.2) is 0 Å². The zero-order valence-electron chi connectivity index (χ0n) is 15.3. The molecule has 0 fully saturated rings. The molecule has 1 unspecified atom stereocenters. The first-order valence-electron chi connectivity index (χ1n) is 8.50. The van der Waals surface area contributed by atoms with E-state index >= 15 is 0 Å². The Hall–Kier alpha value is -2.94. The van der Waals surface area contributed by atoms with E-state index in [1.807, 2.05) is 6.07 Å². The van der Waals surface area contributed by atoms with Gasteiger partial charge in [-0.2, -0.15) is 0 Å². The van der Waals surface area contributed by atoms with Crippen LogP contribution >= 0.6 is 0 Å². The number of carboxylic acid groups (broad SMARTS) is 1. The highest BCUT2D eigenvalue weighted by Gasteiger charge is 2.23. The Labute approximate surface area is 157 Å². The predicted octanol–water partition coefficient (Wildman–Crippen LogP) is -0.810. The van der Waals surface area contributed by atoms with Crippen molar-refractivity contribution < 1.29 is 29.4 Å². The summed E-state index contributed by atoms with van der Waals surface area (Å²) in [4.78, 5) is 46.8. The number of benzene rings is 1. The highest BCUT2D eigenvalue weighted by Crippen LogP contribution is 2.04. The summed E-state index contributed by atoms with van der Waals surface area (Å²) in [5.74, 6) is -2.94. The molecule has 0 aliphatic heterocycles. The van der Waals surface area contributed by atoms with Crippen molar-refractivity contribution in [2.45, 2.75) is 44.9 Å². The molecule has 0 aromatic heterocycles. The fraction of sp³-hybridized carbons (Fsp3) is 0.444. The molecule has 0 aliphatic carbocycles. The van der Waals surface area contributed by atoms with E-state index in [1.54, 1.807) is 24.3 Å². The van der Waals surface area contributed by atoms with Crippen LogP contribution in [0.2, 0.25) is 0 Å². The van der Waals surface area contributed by atoms with Gasteiger partial charge in [0.1, 0.15) is 12.1 Å². The molecule has 9 heteroatoms. The zero-order chi connectivity index (χ0) is 20.4. The standard InChI is InChI=1S/C18H25N3O6/c1-11(22)8-15(23)21-14(9-13-6-4-3-5-7-13)17(25)19-10-16(24)20-12(2)18(26)27/h3-7,11-12,14,22H,8-10H2,1-2H3,(H,19,25)(H,20,24)(H,21,23)(H,26,27)/t11?,12-,14-/m0/s1. The van der Waals surface area contributed by atoms with Crippen LogP contribution < -0.4 is 16.0 Å². The minimum absolute atomic E-state index is 0.158. The molecule has 3 atom stereocenters. The van der Waals surface area contributed by atoms with E-state index < -0.39 is 48.4 Å². The largest absolute Gasteiger partial charge is 0.480 e. The van der Waals surface area contributed by atoms with Gasteiger partial charge in [0.25, 0.3) is 0 Å². The molecule has 148 valence electrons. The number of rotatable bonds is 10. The molecule has 27 heavy (non-hydrogen) atoms. The second kappa shape index (κ2) is 10.9. The molecule has 3 amide bonds. The maximum absolute atomic E-state index is 12.4. The van der Waals surface area contributed by atoms with Crippen LogP contribution in [-0.2, 0) is 25.6 Å². The van der Waals surface area contributed by atoms with Gasteiger partial charge in [0, 0.05) is 6.42 Å². The Balaban J connectivity index is 2.69. The quantitative estimate of drug-likeness (QED) is 0.360. The summed E-state index contributed by atoms with van der Waals surface area (Å²) in [7, 11) is 0. The fourth-order valence-electron chi connectivity index (χ4n) is 2.23. The number of hydrogen-bond donors (Lipinski definition) is 5.